The fourth-order valence-electron chi connectivity index (χ4n) is 2.65. The summed E-state index contributed by atoms with van der Waals surface area (Å²) in [5, 5.41) is 3.23. The van der Waals surface area contributed by atoms with E-state index in [0.717, 1.165) is 12.8 Å². The van der Waals surface area contributed by atoms with Gasteiger partial charge in [0.1, 0.15) is 5.52 Å². The number of carbonyl (C=O) groups excluding carboxylic acids is 1. The number of aromatic nitrogens is 1. The molecule has 6 nitrogen and oxygen atoms in total. The highest BCUT2D eigenvalue weighted by Crippen LogP contribution is 2.25. The summed E-state index contributed by atoms with van der Waals surface area (Å²) in [5.41, 5.74) is 2.23. The standard InChI is InChI=1S/C20H22N2O4S2/c1-2-28(24,25)16-10-11-18-17(13-16)22-20(26-18)27-14-19(23)21-12-6-9-15-7-4-3-5-8-15/h3-5,7-8,10-11,13H,2,6,9,12,14H2,1H3,(H,21,23). The molecule has 0 atom stereocenters. The van der Waals surface area contributed by atoms with Crippen molar-refractivity contribution >= 4 is 38.6 Å². The maximum atomic E-state index is 12.0. The lowest BCUT2D eigenvalue weighted by molar-refractivity contribution is -0.118. The van der Waals surface area contributed by atoms with Crippen LogP contribution in [0, 0.1) is 0 Å². The first kappa shape index (κ1) is 20.4. The number of oxazole rings is 1. The maximum Gasteiger partial charge on any atom is 0.257 e. The Bertz CT molecular complexity index is 1050. The van der Waals surface area contributed by atoms with Gasteiger partial charge in [-0.2, -0.15) is 0 Å². The van der Waals surface area contributed by atoms with E-state index >= 15 is 0 Å². The molecule has 3 rings (SSSR count). The number of rotatable bonds is 9. The van der Waals surface area contributed by atoms with Gasteiger partial charge >= 0.3 is 0 Å². The van der Waals surface area contributed by atoms with Crippen molar-refractivity contribution in [3.05, 3.63) is 54.1 Å². The lowest BCUT2D eigenvalue weighted by Gasteiger charge is -2.04. The summed E-state index contributed by atoms with van der Waals surface area (Å²) in [7, 11) is -3.29. The molecule has 0 spiro atoms. The molecule has 0 unspecified atom stereocenters. The molecule has 1 amide bonds. The second-order valence-corrected chi connectivity index (χ2v) is 9.45. The summed E-state index contributed by atoms with van der Waals surface area (Å²) < 4.78 is 29.5. The normalized spacial score (nSPS) is 11.6. The zero-order valence-corrected chi connectivity index (χ0v) is 17.2. The molecule has 1 aromatic heterocycles. The fourth-order valence-corrected chi connectivity index (χ4v) is 4.22. The number of nitrogens with one attached hydrogen (secondary N) is 1. The van der Waals surface area contributed by atoms with E-state index in [9.17, 15) is 13.2 Å². The maximum absolute atomic E-state index is 12.0. The third-order valence-electron chi connectivity index (χ3n) is 4.21. The van der Waals surface area contributed by atoms with E-state index in [4.69, 9.17) is 4.42 Å². The summed E-state index contributed by atoms with van der Waals surface area (Å²) in [6, 6.07) is 14.8. The van der Waals surface area contributed by atoms with Crippen LogP contribution in [-0.4, -0.2) is 37.4 Å². The summed E-state index contributed by atoms with van der Waals surface area (Å²) in [4.78, 5) is 16.5. The molecule has 1 heterocycles. The summed E-state index contributed by atoms with van der Waals surface area (Å²) in [5.74, 6) is 0.135. The number of hydrogen-bond donors (Lipinski definition) is 1. The van der Waals surface area contributed by atoms with Crippen molar-refractivity contribution in [1.82, 2.24) is 10.3 Å². The van der Waals surface area contributed by atoms with Crippen LogP contribution in [0.4, 0.5) is 0 Å². The zero-order chi connectivity index (χ0) is 20.0. The van der Waals surface area contributed by atoms with E-state index in [1.54, 1.807) is 13.0 Å². The third-order valence-corrected chi connectivity index (χ3v) is 6.77. The number of carbonyl (C=O) groups is 1. The predicted octanol–water partition coefficient (Wildman–Crippen LogP) is 3.46. The molecule has 148 valence electrons. The number of amides is 1. The van der Waals surface area contributed by atoms with E-state index in [-0.39, 0.29) is 22.3 Å². The SMILES string of the molecule is CCS(=O)(=O)c1ccc2oc(SCC(=O)NCCCc3ccccc3)nc2c1. The lowest BCUT2D eigenvalue weighted by atomic mass is 10.1. The molecule has 2 aromatic carbocycles. The summed E-state index contributed by atoms with van der Waals surface area (Å²) in [6.07, 6.45) is 1.79. The van der Waals surface area contributed by atoms with Crippen LogP contribution in [0.15, 0.2) is 63.1 Å². The van der Waals surface area contributed by atoms with Crippen LogP contribution < -0.4 is 5.32 Å². The Labute approximate surface area is 168 Å². The van der Waals surface area contributed by atoms with Gasteiger partial charge in [0.25, 0.3) is 5.22 Å². The predicted molar refractivity (Wildman–Crippen MR) is 110 cm³/mol. The average molecular weight is 419 g/mol. The molecule has 0 aliphatic heterocycles. The number of hydrogen-bond acceptors (Lipinski definition) is 6. The molecule has 0 aliphatic carbocycles. The smallest absolute Gasteiger partial charge is 0.257 e. The van der Waals surface area contributed by atoms with Crippen LogP contribution in [0.3, 0.4) is 0 Å². The molecule has 0 bridgehead atoms. The number of thioether (sulfide) groups is 1. The van der Waals surface area contributed by atoms with Gasteiger partial charge in [-0.05, 0) is 36.6 Å². The molecule has 1 N–H and O–H groups in total. The molecular formula is C20H22N2O4S2. The Kier molecular flexibility index (Phi) is 6.74. The van der Waals surface area contributed by atoms with Crippen LogP contribution in [-0.2, 0) is 21.1 Å². The molecule has 0 saturated carbocycles. The Balaban J connectivity index is 1.48. The molecule has 0 saturated heterocycles. The van der Waals surface area contributed by atoms with Crippen molar-refractivity contribution in [3.8, 4) is 0 Å². The van der Waals surface area contributed by atoms with Crippen LogP contribution in [0.5, 0.6) is 0 Å². The van der Waals surface area contributed by atoms with E-state index in [0.29, 0.717) is 22.9 Å². The van der Waals surface area contributed by atoms with E-state index in [1.165, 1.54) is 29.5 Å². The first-order valence-electron chi connectivity index (χ1n) is 9.05. The topological polar surface area (TPSA) is 89.3 Å². The van der Waals surface area contributed by atoms with E-state index < -0.39 is 9.84 Å². The van der Waals surface area contributed by atoms with Crippen molar-refractivity contribution in [2.75, 3.05) is 18.1 Å². The van der Waals surface area contributed by atoms with Crippen LogP contribution in [0.2, 0.25) is 0 Å². The van der Waals surface area contributed by atoms with Gasteiger partial charge in [0.15, 0.2) is 15.4 Å². The molecule has 3 aromatic rings. The van der Waals surface area contributed by atoms with Crippen LogP contribution in [0.1, 0.15) is 18.9 Å². The Morgan fingerprint density at radius 1 is 1.18 bits per heavy atom. The fraction of sp³-hybridized carbons (Fsp3) is 0.300. The Morgan fingerprint density at radius 3 is 2.71 bits per heavy atom. The van der Waals surface area contributed by atoms with Gasteiger partial charge in [-0.1, -0.05) is 49.0 Å². The molecule has 0 radical (unpaired) electrons. The molecule has 0 aliphatic rings. The van der Waals surface area contributed by atoms with Crippen LogP contribution >= 0.6 is 11.8 Å². The number of sulfone groups is 1. The molecule has 0 fully saturated rings. The third kappa shape index (κ3) is 5.36. The lowest BCUT2D eigenvalue weighted by Crippen LogP contribution is -2.26. The molecule has 8 heteroatoms. The van der Waals surface area contributed by atoms with Gasteiger partial charge in [0.2, 0.25) is 5.91 Å². The second-order valence-electron chi connectivity index (χ2n) is 6.24. The van der Waals surface area contributed by atoms with Gasteiger partial charge in [0.05, 0.1) is 16.4 Å². The minimum atomic E-state index is -3.29. The van der Waals surface area contributed by atoms with Crippen LogP contribution in [0.25, 0.3) is 11.1 Å². The summed E-state index contributed by atoms with van der Waals surface area (Å²) >= 11 is 1.19. The first-order valence-corrected chi connectivity index (χ1v) is 11.7. The molecule has 28 heavy (non-hydrogen) atoms. The quantitative estimate of drug-likeness (QED) is 0.423. The minimum absolute atomic E-state index is 0.0302. The Morgan fingerprint density at radius 2 is 1.96 bits per heavy atom. The monoisotopic (exact) mass is 418 g/mol. The van der Waals surface area contributed by atoms with Gasteiger partial charge < -0.3 is 9.73 Å². The largest absolute Gasteiger partial charge is 0.431 e. The number of benzene rings is 2. The average Bonchev–Trinajstić information content (AvgIpc) is 3.12. The molecular weight excluding hydrogens is 396 g/mol. The minimum Gasteiger partial charge on any atom is -0.431 e. The highest BCUT2D eigenvalue weighted by atomic mass is 32.2. The first-order chi connectivity index (χ1) is 13.5. The van der Waals surface area contributed by atoms with Crippen molar-refractivity contribution in [1.29, 1.82) is 0 Å². The van der Waals surface area contributed by atoms with Gasteiger partial charge in [-0.25, -0.2) is 13.4 Å². The zero-order valence-electron chi connectivity index (χ0n) is 15.6. The van der Waals surface area contributed by atoms with Crippen molar-refractivity contribution < 1.29 is 17.6 Å². The highest BCUT2D eigenvalue weighted by molar-refractivity contribution is 7.99. The van der Waals surface area contributed by atoms with Gasteiger partial charge in [-0.3, -0.25) is 4.79 Å². The van der Waals surface area contributed by atoms with E-state index in [2.05, 4.69) is 22.4 Å². The Hall–Kier alpha value is -2.32. The number of aryl methyl sites for hydroxylation is 1. The van der Waals surface area contributed by atoms with Crippen molar-refractivity contribution in [2.45, 2.75) is 29.9 Å². The summed E-state index contributed by atoms with van der Waals surface area (Å²) in [6.45, 7) is 2.21. The van der Waals surface area contributed by atoms with E-state index in [1.807, 2.05) is 18.2 Å². The van der Waals surface area contributed by atoms with Crippen molar-refractivity contribution in [3.63, 3.8) is 0 Å². The number of fused-ring (bicyclic) bond motifs is 1. The number of nitrogens with zero attached hydrogens (tertiary/aromatic N) is 1. The second kappa shape index (κ2) is 9.25. The van der Waals surface area contributed by atoms with Gasteiger partial charge in [-0.15, -0.1) is 0 Å². The van der Waals surface area contributed by atoms with Crippen molar-refractivity contribution in [2.24, 2.45) is 0 Å². The van der Waals surface area contributed by atoms with Gasteiger partial charge in [0, 0.05) is 6.54 Å². The highest BCUT2D eigenvalue weighted by Gasteiger charge is 2.15.